The number of ether oxygens (including phenoxy) is 2. The van der Waals surface area contributed by atoms with Crippen LogP contribution in [0.15, 0.2) is 57.9 Å². The number of carbonyl (C=O) groups excluding carboxylic acids is 1. The summed E-state index contributed by atoms with van der Waals surface area (Å²) >= 11 is 0. The maximum atomic E-state index is 13.1. The Balaban J connectivity index is 1.50. The van der Waals surface area contributed by atoms with Crippen LogP contribution in [-0.4, -0.2) is 49.0 Å². The lowest BCUT2D eigenvalue weighted by Crippen LogP contribution is -2.36. The first kappa shape index (κ1) is 22.0. The van der Waals surface area contributed by atoms with Crippen LogP contribution in [0, 0.1) is 0 Å². The molecule has 0 atom stereocenters. The van der Waals surface area contributed by atoms with Crippen LogP contribution in [0.2, 0.25) is 0 Å². The van der Waals surface area contributed by atoms with Gasteiger partial charge in [-0.25, -0.2) is 13.2 Å². The minimum atomic E-state index is -3.79. The maximum absolute atomic E-state index is 13.1. The number of methoxy groups -OCH3 is 1. The number of esters is 1. The number of piperidine rings is 1. The average Bonchev–Trinajstić information content (AvgIpc) is 3.32. The first-order valence-corrected chi connectivity index (χ1v) is 11.7. The van der Waals surface area contributed by atoms with Gasteiger partial charge in [0.2, 0.25) is 15.8 Å². The summed E-state index contributed by atoms with van der Waals surface area (Å²) in [6.07, 6.45) is 2.60. The third-order valence-corrected chi connectivity index (χ3v) is 7.14. The van der Waals surface area contributed by atoms with E-state index in [1.165, 1.54) is 23.5 Å². The van der Waals surface area contributed by atoms with Crippen LogP contribution in [0.4, 0.5) is 0 Å². The molecular weight excluding hydrogens is 434 g/mol. The van der Waals surface area contributed by atoms with Crippen LogP contribution in [0.3, 0.4) is 0 Å². The van der Waals surface area contributed by atoms with E-state index in [9.17, 15) is 13.2 Å². The molecule has 1 aromatic heterocycles. The Labute approximate surface area is 186 Å². The predicted octanol–water partition coefficient (Wildman–Crippen LogP) is 3.28. The van der Waals surface area contributed by atoms with Crippen molar-refractivity contribution in [3.8, 4) is 17.1 Å². The second-order valence-electron chi connectivity index (χ2n) is 7.25. The van der Waals surface area contributed by atoms with Crippen LogP contribution in [-0.2, 0) is 21.4 Å². The molecule has 1 fully saturated rings. The van der Waals surface area contributed by atoms with Gasteiger partial charge in [-0.15, -0.1) is 0 Å². The van der Waals surface area contributed by atoms with E-state index in [4.69, 9.17) is 14.0 Å². The fraction of sp³-hybridized carbons (Fsp3) is 0.318. The number of aromatic nitrogens is 2. The standard InChI is InChI=1S/C22H23N3O6S/c1-29-18-11-5-3-9-16(18)21-23-20(31-24-21)15-30-22(26)17-10-4-6-12-19(17)32(27,28)25-13-7-2-8-14-25/h3-6,9-12H,2,7-8,13-15H2,1H3. The van der Waals surface area contributed by atoms with Gasteiger partial charge in [0.25, 0.3) is 5.89 Å². The largest absolute Gasteiger partial charge is 0.496 e. The van der Waals surface area contributed by atoms with E-state index in [0.29, 0.717) is 30.2 Å². The van der Waals surface area contributed by atoms with Crippen LogP contribution in [0.5, 0.6) is 5.75 Å². The summed E-state index contributed by atoms with van der Waals surface area (Å²) in [5, 5.41) is 3.90. The van der Waals surface area contributed by atoms with Crippen LogP contribution in [0.1, 0.15) is 35.5 Å². The first-order chi connectivity index (χ1) is 15.5. The number of sulfonamides is 1. The topological polar surface area (TPSA) is 112 Å². The van der Waals surface area contributed by atoms with Crippen molar-refractivity contribution < 1.29 is 27.2 Å². The Hall–Kier alpha value is -3.24. The third kappa shape index (κ3) is 4.51. The number of benzene rings is 2. The second-order valence-corrected chi connectivity index (χ2v) is 9.16. The molecule has 1 saturated heterocycles. The molecule has 168 valence electrons. The minimum Gasteiger partial charge on any atom is -0.496 e. The van der Waals surface area contributed by atoms with Crippen molar-refractivity contribution in [3.63, 3.8) is 0 Å². The zero-order chi connectivity index (χ0) is 22.6. The van der Waals surface area contributed by atoms with Gasteiger partial charge in [-0.3, -0.25) is 0 Å². The van der Waals surface area contributed by atoms with Gasteiger partial charge in [-0.2, -0.15) is 9.29 Å². The monoisotopic (exact) mass is 457 g/mol. The highest BCUT2D eigenvalue weighted by molar-refractivity contribution is 7.89. The number of para-hydroxylation sites is 1. The smallest absolute Gasteiger partial charge is 0.340 e. The number of rotatable bonds is 7. The summed E-state index contributed by atoms with van der Waals surface area (Å²) in [6.45, 7) is 0.595. The fourth-order valence-corrected chi connectivity index (χ4v) is 5.26. The first-order valence-electron chi connectivity index (χ1n) is 10.2. The molecule has 0 N–H and O–H groups in total. The summed E-state index contributed by atoms with van der Waals surface area (Å²) in [6, 6.07) is 13.2. The molecule has 0 spiro atoms. The van der Waals surface area contributed by atoms with E-state index in [-0.39, 0.29) is 23.0 Å². The Kier molecular flexibility index (Phi) is 6.52. The van der Waals surface area contributed by atoms with Crippen molar-refractivity contribution in [3.05, 3.63) is 60.0 Å². The Morgan fingerprint density at radius 2 is 1.78 bits per heavy atom. The van der Waals surface area contributed by atoms with Gasteiger partial charge in [-0.1, -0.05) is 35.8 Å². The number of hydrogen-bond donors (Lipinski definition) is 0. The Bertz CT molecular complexity index is 1200. The molecule has 1 aliphatic heterocycles. The van der Waals surface area contributed by atoms with Crippen molar-refractivity contribution in [1.29, 1.82) is 0 Å². The van der Waals surface area contributed by atoms with E-state index in [2.05, 4.69) is 10.1 Å². The number of hydrogen-bond acceptors (Lipinski definition) is 8. The summed E-state index contributed by atoms with van der Waals surface area (Å²) in [7, 11) is -2.25. The molecule has 4 rings (SSSR count). The summed E-state index contributed by atoms with van der Waals surface area (Å²) < 4.78 is 43.3. The molecule has 1 aliphatic rings. The van der Waals surface area contributed by atoms with Gasteiger partial charge in [0.1, 0.15) is 5.75 Å². The number of nitrogens with zero attached hydrogens (tertiary/aromatic N) is 3. The maximum Gasteiger partial charge on any atom is 0.340 e. The summed E-state index contributed by atoms with van der Waals surface area (Å²) in [5.41, 5.74) is 0.608. The molecule has 32 heavy (non-hydrogen) atoms. The highest BCUT2D eigenvalue weighted by atomic mass is 32.2. The van der Waals surface area contributed by atoms with Gasteiger partial charge in [0, 0.05) is 13.1 Å². The molecule has 9 nitrogen and oxygen atoms in total. The Morgan fingerprint density at radius 1 is 1.06 bits per heavy atom. The van der Waals surface area contributed by atoms with E-state index >= 15 is 0 Å². The lowest BCUT2D eigenvalue weighted by atomic mass is 10.2. The summed E-state index contributed by atoms with van der Waals surface area (Å²) in [4.78, 5) is 16.9. The molecule has 3 aromatic rings. The minimum absolute atomic E-state index is 0.0254. The molecule has 0 saturated carbocycles. The van der Waals surface area contributed by atoms with Crippen molar-refractivity contribution in [2.45, 2.75) is 30.8 Å². The molecule has 2 aromatic carbocycles. The third-order valence-electron chi connectivity index (χ3n) is 5.18. The van der Waals surface area contributed by atoms with Crippen molar-refractivity contribution in [2.75, 3.05) is 20.2 Å². The lowest BCUT2D eigenvalue weighted by Gasteiger charge is -2.26. The average molecular weight is 458 g/mol. The fourth-order valence-electron chi connectivity index (χ4n) is 3.56. The Morgan fingerprint density at radius 3 is 2.56 bits per heavy atom. The van der Waals surface area contributed by atoms with E-state index in [1.807, 2.05) is 12.1 Å². The van der Waals surface area contributed by atoms with Crippen LogP contribution < -0.4 is 4.74 Å². The second kappa shape index (κ2) is 9.49. The van der Waals surface area contributed by atoms with Gasteiger partial charge in [0.15, 0.2) is 6.61 Å². The molecule has 0 radical (unpaired) electrons. The zero-order valence-corrected chi connectivity index (χ0v) is 18.4. The molecule has 0 amide bonds. The molecule has 0 aliphatic carbocycles. The van der Waals surface area contributed by atoms with Gasteiger partial charge in [0.05, 0.1) is 23.1 Å². The SMILES string of the molecule is COc1ccccc1-c1noc(COC(=O)c2ccccc2S(=O)(=O)N2CCCCC2)n1. The van der Waals surface area contributed by atoms with Crippen molar-refractivity contribution >= 4 is 16.0 Å². The highest BCUT2D eigenvalue weighted by Gasteiger charge is 2.30. The molecule has 10 heteroatoms. The van der Waals surface area contributed by atoms with Crippen LogP contribution in [0.25, 0.3) is 11.4 Å². The molecule has 0 unspecified atom stereocenters. The zero-order valence-electron chi connectivity index (χ0n) is 17.6. The number of carbonyl (C=O) groups is 1. The quantitative estimate of drug-likeness (QED) is 0.497. The van der Waals surface area contributed by atoms with Gasteiger partial charge < -0.3 is 14.0 Å². The van der Waals surface area contributed by atoms with E-state index < -0.39 is 16.0 Å². The van der Waals surface area contributed by atoms with E-state index in [1.54, 1.807) is 24.3 Å². The normalized spacial score (nSPS) is 14.8. The molecular formula is C22H23N3O6S. The molecule has 0 bridgehead atoms. The summed E-state index contributed by atoms with van der Waals surface area (Å²) in [5.74, 6) is 0.170. The lowest BCUT2D eigenvalue weighted by molar-refractivity contribution is 0.0425. The highest BCUT2D eigenvalue weighted by Crippen LogP contribution is 2.27. The van der Waals surface area contributed by atoms with Crippen molar-refractivity contribution in [2.24, 2.45) is 0 Å². The van der Waals surface area contributed by atoms with Crippen molar-refractivity contribution in [1.82, 2.24) is 14.4 Å². The van der Waals surface area contributed by atoms with Gasteiger partial charge in [-0.05, 0) is 37.1 Å². The van der Waals surface area contributed by atoms with E-state index in [0.717, 1.165) is 19.3 Å². The predicted molar refractivity (Wildman–Crippen MR) is 114 cm³/mol. The van der Waals surface area contributed by atoms with Gasteiger partial charge >= 0.3 is 5.97 Å². The molecule has 2 heterocycles. The van der Waals surface area contributed by atoms with Crippen LogP contribution >= 0.6 is 0 Å².